The number of aliphatic carboxylic acids is 1. The molecule has 0 bridgehead atoms. The van der Waals surface area contributed by atoms with E-state index in [4.69, 9.17) is 0 Å². The summed E-state index contributed by atoms with van der Waals surface area (Å²) < 4.78 is 0. The molecule has 0 saturated heterocycles. The molecule has 4 nitrogen and oxygen atoms in total. The van der Waals surface area contributed by atoms with E-state index in [1.807, 2.05) is 46.8 Å². The molecule has 0 radical (unpaired) electrons. The first-order valence-corrected chi connectivity index (χ1v) is 6.71. The van der Waals surface area contributed by atoms with Gasteiger partial charge in [0.2, 0.25) is 6.41 Å². The van der Waals surface area contributed by atoms with Gasteiger partial charge in [-0.2, -0.15) is 0 Å². The van der Waals surface area contributed by atoms with Gasteiger partial charge in [-0.05, 0) is 58.2 Å². The van der Waals surface area contributed by atoms with E-state index in [2.05, 4.69) is 0 Å². The molecule has 1 unspecified atom stereocenters. The Morgan fingerprint density at radius 1 is 1.25 bits per heavy atom. The molecule has 0 aliphatic heterocycles. The minimum atomic E-state index is -1.36. The Hall–Kier alpha value is -1.84. The molecule has 1 rings (SSSR count). The number of carbonyl (C=O) groups is 2. The van der Waals surface area contributed by atoms with Crippen LogP contribution in [-0.4, -0.2) is 28.4 Å². The van der Waals surface area contributed by atoms with Gasteiger partial charge in [0.05, 0.1) is 0 Å². The summed E-state index contributed by atoms with van der Waals surface area (Å²) in [5.41, 5.74) is 2.19. The van der Waals surface area contributed by atoms with Crippen molar-refractivity contribution in [2.45, 2.75) is 53.1 Å². The smallest absolute Gasteiger partial charge is 0.334 e. The zero-order valence-electron chi connectivity index (χ0n) is 13.0. The lowest BCUT2D eigenvalue weighted by molar-refractivity contribution is -0.156. The molecule has 0 spiro atoms. The lowest BCUT2D eigenvalue weighted by Crippen LogP contribution is -2.53. The molecule has 0 aliphatic carbocycles. The van der Waals surface area contributed by atoms with Crippen molar-refractivity contribution in [3.63, 3.8) is 0 Å². The lowest BCUT2D eigenvalue weighted by Gasteiger charge is -2.40. The van der Waals surface area contributed by atoms with Crippen LogP contribution >= 0.6 is 0 Å². The van der Waals surface area contributed by atoms with Crippen LogP contribution in [0.3, 0.4) is 0 Å². The zero-order valence-corrected chi connectivity index (χ0v) is 13.0. The fraction of sp³-hybridized carbons (Fsp3) is 0.500. The van der Waals surface area contributed by atoms with Crippen LogP contribution in [0.15, 0.2) is 12.1 Å². The molecule has 1 amide bonds. The van der Waals surface area contributed by atoms with Crippen molar-refractivity contribution in [3.05, 3.63) is 34.4 Å². The summed E-state index contributed by atoms with van der Waals surface area (Å²) in [5.74, 6) is -1.02. The van der Waals surface area contributed by atoms with Gasteiger partial charge in [-0.1, -0.05) is 17.7 Å². The number of amides is 1. The summed E-state index contributed by atoms with van der Waals surface area (Å²) in [6.45, 7) is 11.0. The van der Waals surface area contributed by atoms with Crippen LogP contribution < -0.4 is 0 Å². The molecular formula is C16H23NO3. The van der Waals surface area contributed by atoms with Gasteiger partial charge in [-0.3, -0.25) is 4.79 Å². The molecular weight excluding hydrogens is 254 g/mol. The molecule has 1 N–H and O–H groups in total. The number of carbonyl (C=O) groups excluding carboxylic acids is 1. The van der Waals surface area contributed by atoms with Crippen molar-refractivity contribution in [3.8, 4) is 0 Å². The Labute approximate surface area is 120 Å². The minimum Gasteiger partial charge on any atom is -0.479 e. The van der Waals surface area contributed by atoms with E-state index in [0.29, 0.717) is 12.0 Å². The van der Waals surface area contributed by atoms with Crippen LogP contribution in [0, 0.1) is 20.8 Å². The number of carboxylic acids is 1. The molecule has 1 aromatic carbocycles. The summed E-state index contributed by atoms with van der Waals surface area (Å²) in [6.07, 6.45) is 0.623. The number of carboxylic acid groups (broad SMARTS) is 1. The maximum absolute atomic E-state index is 11.9. The molecule has 0 saturated carbocycles. The van der Waals surface area contributed by atoms with E-state index in [-0.39, 0.29) is 6.04 Å². The average Bonchev–Trinajstić information content (AvgIpc) is 2.27. The fourth-order valence-corrected chi connectivity index (χ4v) is 3.04. The third-order valence-electron chi connectivity index (χ3n) is 3.77. The molecule has 0 fully saturated rings. The van der Waals surface area contributed by atoms with E-state index in [9.17, 15) is 14.7 Å². The van der Waals surface area contributed by atoms with Crippen molar-refractivity contribution in [2.24, 2.45) is 0 Å². The van der Waals surface area contributed by atoms with Gasteiger partial charge in [0.25, 0.3) is 0 Å². The third-order valence-corrected chi connectivity index (χ3v) is 3.77. The molecule has 0 aliphatic rings. The van der Waals surface area contributed by atoms with Crippen molar-refractivity contribution < 1.29 is 14.7 Å². The molecule has 1 atom stereocenters. The van der Waals surface area contributed by atoms with E-state index >= 15 is 0 Å². The number of hydrogen-bond acceptors (Lipinski definition) is 2. The first kappa shape index (κ1) is 16.2. The second-order valence-corrected chi connectivity index (χ2v) is 5.76. The number of aryl methyl sites for hydroxylation is 3. The van der Waals surface area contributed by atoms with Crippen LogP contribution in [0.4, 0.5) is 0 Å². The monoisotopic (exact) mass is 277 g/mol. The number of hydrogen-bond donors (Lipinski definition) is 1. The largest absolute Gasteiger partial charge is 0.479 e. The number of benzene rings is 1. The standard InChI is InChI=1S/C16H23NO3/c1-10(2)17(9-18)16(6,15(19)20)14-12(4)7-11(3)8-13(14)5/h7-10H,1-6H3,(H,19,20). The predicted molar refractivity (Wildman–Crippen MR) is 78.7 cm³/mol. The molecule has 0 aromatic heterocycles. The van der Waals surface area contributed by atoms with Crippen LogP contribution in [0.2, 0.25) is 0 Å². The van der Waals surface area contributed by atoms with Gasteiger partial charge >= 0.3 is 5.97 Å². The van der Waals surface area contributed by atoms with Crippen molar-refractivity contribution in [2.75, 3.05) is 0 Å². The summed E-state index contributed by atoms with van der Waals surface area (Å²) in [5, 5.41) is 9.75. The molecule has 110 valence electrons. The Bertz CT molecular complexity index is 514. The molecule has 20 heavy (non-hydrogen) atoms. The van der Waals surface area contributed by atoms with Crippen LogP contribution in [0.5, 0.6) is 0 Å². The Balaban J connectivity index is 3.65. The Kier molecular flexibility index (Phi) is 4.58. The maximum atomic E-state index is 11.9. The predicted octanol–water partition coefficient (Wildman–Crippen LogP) is 2.78. The Morgan fingerprint density at radius 2 is 1.70 bits per heavy atom. The van der Waals surface area contributed by atoms with Crippen LogP contribution in [-0.2, 0) is 15.1 Å². The second-order valence-electron chi connectivity index (χ2n) is 5.76. The topological polar surface area (TPSA) is 57.6 Å². The highest BCUT2D eigenvalue weighted by Gasteiger charge is 2.44. The quantitative estimate of drug-likeness (QED) is 0.842. The minimum absolute atomic E-state index is 0.200. The van der Waals surface area contributed by atoms with Gasteiger partial charge in [-0.25, -0.2) is 4.79 Å². The second kappa shape index (κ2) is 5.65. The summed E-state index contributed by atoms with van der Waals surface area (Å²) in [4.78, 5) is 24.7. The van der Waals surface area contributed by atoms with Gasteiger partial charge in [0.1, 0.15) is 0 Å². The van der Waals surface area contributed by atoms with Gasteiger partial charge in [-0.15, -0.1) is 0 Å². The molecule has 4 heteroatoms. The normalized spacial score (nSPS) is 13.9. The average molecular weight is 277 g/mol. The van der Waals surface area contributed by atoms with E-state index in [0.717, 1.165) is 16.7 Å². The highest BCUT2D eigenvalue weighted by molar-refractivity contribution is 5.84. The molecule has 1 aromatic rings. The van der Waals surface area contributed by atoms with Crippen molar-refractivity contribution >= 4 is 12.4 Å². The zero-order chi connectivity index (χ0) is 15.7. The summed E-state index contributed by atoms with van der Waals surface area (Å²) in [6, 6.07) is 3.70. The molecule has 0 heterocycles. The van der Waals surface area contributed by atoms with Gasteiger partial charge < -0.3 is 10.0 Å². The summed E-state index contributed by atoms with van der Waals surface area (Å²) >= 11 is 0. The SMILES string of the molecule is Cc1cc(C)c(C(C)(C(=O)O)N(C=O)C(C)C)c(C)c1. The highest BCUT2D eigenvalue weighted by Crippen LogP contribution is 2.34. The number of rotatable bonds is 5. The first-order chi connectivity index (χ1) is 9.16. The van der Waals surface area contributed by atoms with E-state index < -0.39 is 11.5 Å². The van der Waals surface area contributed by atoms with Gasteiger partial charge in [0.15, 0.2) is 5.54 Å². The lowest BCUT2D eigenvalue weighted by atomic mass is 9.82. The number of nitrogens with zero attached hydrogens (tertiary/aromatic N) is 1. The van der Waals surface area contributed by atoms with E-state index in [1.165, 1.54) is 4.90 Å². The van der Waals surface area contributed by atoms with E-state index in [1.54, 1.807) is 6.92 Å². The highest BCUT2D eigenvalue weighted by atomic mass is 16.4. The fourth-order valence-electron chi connectivity index (χ4n) is 3.04. The maximum Gasteiger partial charge on any atom is 0.334 e. The summed E-state index contributed by atoms with van der Waals surface area (Å²) in [7, 11) is 0. The van der Waals surface area contributed by atoms with Gasteiger partial charge in [0, 0.05) is 6.04 Å². The van der Waals surface area contributed by atoms with Crippen molar-refractivity contribution in [1.82, 2.24) is 4.90 Å². The first-order valence-electron chi connectivity index (χ1n) is 6.71. The van der Waals surface area contributed by atoms with Crippen molar-refractivity contribution in [1.29, 1.82) is 0 Å². The third kappa shape index (κ3) is 2.55. The van der Waals surface area contributed by atoms with Crippen LogP contribution in [0.25, 0.3) is 0 Å². The Morgan fingerprint density at radius 3 is 2.00 bits per heavy atom. The van der Waals surface area contributed by atoms with Crippen LogP contribution in [0.1, 0.15) is 43.0 Å².